The zero-order valence-corrected chi connectivity index (χ0v) is 16.5. The number of ether oxygens (including phenoxy) is 2. The van der Waals surface area contributed by atoms with Gasteiger partial charge in [0.1, 0.15) is 5.92 Å². The third kappa shape index (κ3) is 4.77. The lowest BCUT2D eigenvalue weighted by molar-refractivity contribution is -0.224. The topological polar surface area (TPSA) is 147 Å². The van der Waals surface area contributed by atoms with Gasteiger partial charge in [-0.05, 0) is 12.8 Å². The lowest BCUT2D eigenvalue weighted by Crippen LogP contribution is -2.50. The van der Waals surface area contributed by atoms with Crippen molar-refractivity contribution in [2.24, 2.45) is 5.92 Å². The van der Waals surface area contributed by atoms with Crippen molar-refractivity contribution >= 4 is 23.7 Å². The first-order chi connectivity index (χ1) is 13.7. The van der Waals surface area contributed by atoms with Crippen LogP contribution in [0.3, 0.4) is 0 Å². The third-order valence-corrected chi connectivity index (χ3v) is 5.54. The van der Waals surface area contributed by atoms with Crippen LogP contribution in [0.15, 0.2) is 11.8 Å². The van der Waals surface area contributed by atoms with Crippen LogP contribution in [-0.2, 0) is 28.7 Å². The molecule has 0 aromatic heterocycles. The molecule has 1 saturated heterocycles. The van der Waals surface area contributed by atoms with Crippen molar-refractivity contribution in [1.82, 2.24) is 0 Å². The van der Waals surface area contributed by atoms with Gasteiger partial charge in [-0.3, -0.25) is 14.4 Å². The van der Waals surface area contributed by atoms with E-state index < -0.39 is 53.8 Å². The first-order valence-corrected chi connectivity index (χ1v) is 9.98. The van der Waals surface area contributed by atoms with Gasteiger partial charge in [0.15, 0.2) is 5.60 Å². The lowest BCUT2D eigenvalue weighted by atomic mass is 9.83. The van der Waals surface area contributed by atoms with E-state index in [4.69, 9.17) is 14.6 Å². The van der Waals surface area contributed by atoms with E-state index >= 15 is 0 Å². The number of carboxylic acid groups (broad SMARTS) is 3. The van der Waals surface area contributed by atoms with E-state index in [0.717, 1.165) is 32.1 Å². The summed E-state index contributed by atoms with van der Waals surface area (Å²) in [7, 11) is 0. The maximum Gasteiger partial charge on any atom is 0.337 e. The highest BCUT2D eigenvalue weighted by molar-refractivity contribution is 6.04. The second kappa shape index (κ2) is 9.39. The number of aliphatic carboxylic acids is 3. The molecule has 3 N–H and O–H groups in total. The molecule has 0 aromatic rings. The van der Waals surface area contributed by atoms with Crippen molar-refractivity contribution in [2.75, 3.05) is 0 Å². The number of Topliss-reactive ketones (excluding diaryl/α,β-unsaturated/α-hetero) is 1. The quantitative estimate of drug-likeness (QED) is 0.411. The van der Waals surface area contributed by atoms with Gasteiger partial charge in [-0.1, -0.05) is 45.4 Å². The van der Waals surface area contributed by atoms with Gasteiger partial charge < -0.3 is 24.8 Å². The molecule has 162 valence electrons. The molecule has 0 aromatic carbocycles. The van der Waals surface area contributed by atoms with Gasteiger partial charge in [0.2, 0.25) is 5.78 Å². The normalized spacial score (nSPS) is 28.4. The number of carbonyl (C=O) groups is 4. The van der Waals surface area contributed by atoms with E-state index in [1.54, 1.807) is 0 Å². The molecule has 0 radical (unpaired) electrons. The number of hydrogen-bond acceptors (Lipinski definition) is 6. The van der Waals surface area contributed by atoms with Crippen molar-refractivity contribution in [3.05, 3.63) is 11.8 Å². The number of unbranched alkanes of at least 4 members (excludes halogenated alkanes) is 6. The van der Waals surface area contributed by atoms with Crippen LogP contribution in [0.2, 0.25) is 0 Å². The Bertz CT molecular complexity index is 698. The summed E-state index contributed by atoms with van der Waals surface area (Å²) in [5, 5.41) is 28.1. The summed E-state index contributed by atoms with van der Waals surface area (Å²) in [6.07, 6.45) is 7.33. The summed E-state index contributed by atoms with van der Waals surface area (Å²) < 4.78 is 10.7. The molecule has 1 spiro atoms. The Morgan fingerprint density at radius 3 is 2.24 bits per heavy atom. The van der Waals surface area contributed by atoms with Crippen LogP contribution in [0.25, 0.3) is 0 Å². The van der Waals surface area contributed by atoms with Gasteiger partial charge in [-0.25, -0.2) is 4.79 Å². The molecule has 0 aliphatic carbocycles. The molecule has 0 saturated carbocycles. The molecule has 0 unspecified atom stereocenters. The summed E-state index contributed by atoms with van der Waals surface area (Å²) in [6, 6.07) is 0. The fourth-order valence-corrected chi connectivity index (χ4v) is 3.95. The predicted molar refractivity (Wildman–Crippen MR) is 99.0 cm³/mol. The van der Waals surface area contributed by atoms with E-state index in [1.165, 1.54) is 19.1 Å². The maximum absolute atomic E-state index is 12.8. The van der Waals surface area contributed by atoms with Crippen LogP contribution in [0, 0.1) is 5.92 Å². The van der Waals surface area contributed by atoms with Crippen molar-refractivity contribution in [1.29, 1.82) is 0 Å². The molecular formula is C20H28O9. The van der Waals surface area contributed by atoms with Crippen molar-refractivity contribution < 1.29 is 44.0 Å². The van der Waals surface area contributed by atoms with Crippen LogP contribution in [0.1, 0.15) is 71.1 Å². The average molecular weight is 412 g/mol. The number of rotatable bonds is 12. The average Bonchev–Trinajstić information content (AvgIpc) is 3.13. The molecule has 3 atom stereocenters. The highest BCUT2D eigenvalue weighted by Crippen LogP contribution is 2.49. The molecule has 9 nitrogen and oxygen atoms in total. The summed E-state index contributed by atoms with van der Waals surface area (Å²) in [6.45, 7) is 2.14. The SMILES string of the molecule is CCCCCCCCCC1=CO[C@]2(C[C@H](C(=O)O)[C@@](CC(=O)O)(C(=O)O)O2)C1=O. The van der Waals surface area contributed by atoms with Crippen LogP contribution in [0.4, 0.5) is 0 Å². The Kier molecular flexibility index (Phi) is 7.40. The van der Waals surface area contributed by atoms with Crippen molar-refractivity contribution in [3.63, 3.8) is 0 Å². The summed E-state index contributed by atoms with van der Waals surface area (Å²) in [5.41, 5.74) is -2.27. The van der Waals surface area contributed by atoms with Gasteiger partial charge in [0.05, 0.1) is 12.7 Å². The lowest BCUT2D eigenvalue weighted by Gasteiger charge is -2.28. The first kappa shape index (κ1) is 22.9. The van der Waals surface area contributed by atoms with Gasteiger partial charge in [0.25, 0.3) is 5.79 Å². The highest BCUT2D eigenvalue weighted by Gasteiger charge is 2.69. The highest BCUT2D eigenvalue weighted by atomic mass is 16.7. The van der Waals surface area contributed by atoms with Gasteiger partial charge in [-0.2, -0.15) is 0 Å². The summed E-state index contributed by atoms with van der Waals surface area (Å²) in [4.78, 5) is 47.4. The van der Waals surface area contributed by atoms with Crippen LogP contribution >= 0.6 is 0 Å². The number of ketones is 1. The number of carbonyl (C=O) groups excluding carboxylic acids is 1. The first-order valence-electron chi connectivity index (χ1n) is 9.98. The van der Waals surface area contributed by atoms with Crippen LogP contribution < -0.4 is 0 Å². The Morgan fingerprint density at radius 2 is 1.69 bits per heavy atom. The second-order valence-corrected chi connectivity index (χ2v) is 7.68. The molecule has 2 heterocycles. The maximum atomic E-state index is 12.8. The molecule has 29 heavy (non-hydrogen) atoms. The van der Waals surface area contributed by atoms with E-state index in [9.17, 15) is 29.4 Å². The molecule has 9 heteroatoms. The smallest absolute Gasteiger partial charge is 0.337 e. The third-order valence-electron chi connectivity index (χ3n) is 5.54. The van der Waals surface area contributed by atoms with E-state index in [0.29, 0.717) is 12.0 Å². The van der Waals surface area contributed by atoms with E-state index in [1.807, 2.05) is 0 Å². The standard InChI is InChI=1S/C20H28O9/c1-2-3-4-5-6-7-8-9-13-12-28-20(16(13)23)10-14(17(24)25)19(29-20,18(26)27)11-15(21)22/h12,14H,2-11H2,1H3,(H,21,22)(H,24,25)(H,26,27)/t14-,19+,20+/m1/s1. The number of hydrogen-bond donors (Lipinski definition) is 3. The minimum atomic E-state index is -2.57. The van der Waals surface area contributed by atoms with E-state index in [-0.39, 0.29) is 0 Å². The molecule has 0 amide bonds. The van der Waals surface area contributed by atoms with Gasteiger partial charge in [0, 0.05) is 12.0 Å². The monoisotopic (exact) mass is 412 g/mol. The molecule has 2 rings (SSSR count). The Hall–Kier alpha value is -2.42. The number of carboxylic acids is 3. The molecular weight excluding hydrogens is 384 g/mol. The van der Waals surface area contributed by atoms with Crippen LogP contribution in [0.5, 0.6) is 0 Å². The zero-order chi connectivity index (χ0) is 21.7. The Labute approximate surface area is 168 Å². The molecule has 1 fully saturated rings. The largest absolute Gasteiger partial charge is 0.481 e. The predicted octanol–water partition coefficient (Wildman–Crippen LogP) is 2.73. The fourth-order valence-electron chi connectivity index (χ4n) is 3.95. The van der Waals surface area contributed by atoms with Crippen LogP contribution in [-0.4, -0.2) is 50.4 Å². The summed E-state index contributed by atoms with van der Waals surface area (Å²) in [5.74, 6) is -9.29. The van der Waals surface area contributed by atoms with Gasteiger partial charge >= 0.3 is 17.9 Å². The van der Waals surface area contributed by atoms with E-state index in [2.05, 4.69) is 6.92 Å². The zero-order valence-electron chi connectivity index (χ0n) is 16.5. The fraction of sp³-hybridized carbons (Fsp3) is 0.700. The minimum Gasteiger partial charge on any atom is -0.481 e. The molecule has 2 aliphatic heterocycles. The molecule has 2 aliphatic rings. The van der Waals surface area contributed by atoms with Gasteiger partial charge in [-0.15, -0.1) is 0 Å². The summed E-state index contributed by atoms with van der Waals surface area (Å²) >= 11 is 0. The Balaban J connectivity index is 2.04. The second-order valence-electron chi connectivity index (χ2n) is 7.68. The minimum absolute atomic E-state index is 0.305. The van der Waals surface area contributed by atoms with Crippen molar-refractivity contribution in [2.45, 2.75) is 82.5 Å². The Morgan fingerprint density at radius 1 is 1.07 bits per heavy atom. The molecule has 0 bridgehead atoms. The van der Waals surface area contributed by atoms with Crippen molar-refractivity contribution in [3.8, 4) is 0 Å².